The van der Waals surface area contributed by atoms with Crippen LogP contribution in [-0.4, -0.2) is 56.9 Å². The molecule has 3 aromatic rings. The van der Waals surface area contributed by atoms with Gasteiger partial charge in [-0.15, -0.1) is 0 Å². The van der Waals surface area contributed by atoms with Crippen molar-refractivity contribution < 1.29 is 14.1 Å². The molecule has 3 aromatic heterocycles. The van der Waals surface area contributed by atoms with E-state index < -0.39 is 10.8 Å². The van der Waals surface area contributed by atoms with Crippen molar-refractivity contribution in [2.24, 2.45) is 0 Å². The Hall–Kier alpha value is -4.02. The van der Waals surface area contributed by atoms with E-state index in [4.69, 9.17) is 4.42 Å². The van der Waals surface area contributed by atoms with E-state index in [1.807, 2.05) is 29.2 Å². The number of carbonyl (C=O) groups excluding carboxylic acids is 1. The number of piperazine rings is 1. The first-order chi connectivity index (χ1) is 14.1. The summed E-state index contributed by atoms with van der Waals surface area (Å²) in [4.78, 5) is 38.9. The van der Waals surface area contributed by atoms with Crippen LogP contribution in [0.5, 0.6) is 0 Å². The number of furan rings is 1. The van der Waals surface area contributed by atoms with Crippen molar-refractivity contribution in [3.8, 4) is 0 Å². The number of aromatic nitrogens is 3. The second-order valence-electron chi connectivity index (χ2n) is 6.28. The molecule has 1 aliphatic rings. The molecule has 0 radical (unpaired) electrons. The van der Waals surface area contributed by atoms with Gasteiger partial charge in [-0.05, 0) is 18.2 Å². The lowest BCUT2D eigenvalue weighted by molar-refractivity contribution is -0.402. The number of hydrogen-bond acceptors (Lipinski definition) is 9. The molecule has 29 heavy (non-hydrogen) atoms. The first-order valence-electron chi connectivity index (χ1n) is 8.89. The van der Waals surface area contributed by atoms with Gasteiger partial charge in [-0.2, -0.15) is 0 Å². The third-order valence-electron chi connectivity index (χ3n) is 4.45. The number of hydrogen-bond donors (Lipinski definition) is 1. The monoisotopic (exact) mass is 395 g/mol. The summed E-state index contributed by atoms with van der Waals surface area (Å²) < 4.78 is 5.01. The topological polar surface area (TPSA) is 131 Å². The Morgan fingerprint density at radius 3 is 2.59 bits per heavy atom. The Bertz CT molecular complexity index is 1020. The standard InChI is InChI=1S/C18H17N7O4/c26-18(13-4-5-17(29-13)25(27)28)24-9-7-23(8-10-24)16-11-15(20-12-21-16)22-14-3-1-2-6-19-14/h1-6,11-12H,7-10H2,(H,19,20,21,22). The number of amides is 1. The molecule has 4 heterocycles. The van der Waals surface area contributed by atoms with Crippen molar-refractivity contribution in [2.75, 3.05) is 36.4 Å². The first-order valence-corrected chi connectivity index (χ1v) is 8.89. The highest BCUT2D eigenvalue weighted by atomic mass is 16.6. The minimum atomic E-state index is -0.666. The minimum absolute atomic E-state index is 0.0333. The van der Waals surface area contributed by atoms with E-state index in [0.29, 0.717) is 37.8 Å². The van der Waals surface area contributed by atoms with Gasteiger partial charge in [0.1, 0.15) is 28.7 Å². The van der Waals surface area contributed by atoms with Crippen LogP contribution >= 0.6 is 0 Å². The lowest BCUT2D eigenvalue weighted by Gasteiger charge is -2.35. The van der Waals surface area contributed by atoms with Gasteiger partial charge in [-0.25, -0.2) is 15.0 Å². The normalized spacial score (nSPS) is 13.9. The molecule has 0 atom stereocenters. The smallest absolute Gasteiger partial charge is 0.395 e. The van der Waals surface area contributed by atoms with E-state index in [9.17, 15) is 14.9 Å². The Morgan fingerprint density at radius 2 is 1.90 bits per heavy atom. The molecular weight excluding hydrogens is 378 g/mol. The fraction of sp³-hybridized carbons (Fsp3) is 0.222. The number of anilines is 3. The lowest BCUT2D eigenvalue weighted by atomic mass is 10.3. The Balaban J connectivity index is 1.38. The zero-order valence-corrected chi connectivity index (χ0v) is 15.3. The number of pyridine rings is 1. The summed E-state index contributed by atoms with van der Waals surface area (Å²) in [5.74, 6) is 1.20. The molecule has 1 fully saturated rings. The third-order valence-corrected chi connectivity index (χ3v) is 4.45. The summed E-state index contributed by atoms with van der Waals surface area (Å²) >= 11 is 0. The molecule has 0 unspecified atom stereocenters. The summed E-state index contributed by atoms with van der Waals surface area (Å²) in [6.07, 6.45) is 3.16. The minimum Gasteiger partial charge on any atom is -0.395 e. The second kappa shape index (κ2) is 7.92. The van der Waals surface area contributed by atoms with Crippen LogP contribution in [0.25, 0.3) is 0 Å². The van der Waals surface area contributed by atoms with E-state index in [1.165, 1.54) is 18.5 Å². The largest absolute Gasteiger partial charge is 0.433 e. The molecule has 1 aliphatic heterocycles. The Morgan fingerprint density at radius 1 is 1.07 bits per heavy atom. The van der Waals surface area contributed by atoms with Crippen LogP contribution in [0.4, 0.5) is 23.3 Å². The predicted molar refractivity (Wildman–Crippen MR) is 103 cm³/mol. The lowest BCUT2D eigenvalue weighted by Crippen LogP contribution is -2.49. The molecule has 11 heteroatoms. The number of nitrogens with one attached hydrogen (secondary N) is 1. The van der Waals surface area contributed by atoms with Crippen molar-refractivity contribution in [1.82, 2.24) is 19.9 Å². The van der Waals surface area contributed by atoms with Crippen LogP contribution in [0.1, 0.15) is 10.6 Å². The van der Waals surface area contributed by atoms with Gasteiger partial charge < -0.3 is 19.5 Å². The molecule has 0 aliphatic carbocycles. The highest BCUT2D eigenvalue weighted by Crippen LogP contribution is 2.21. The summed E-state index contributed by atoms with van der Waals surface area (Å²) in [5.41, 5.74) is 0. The molecule has 1 amide bonds. The SMILES string of the molecule is O=C(c1ccc([N+](=O)[O-])o1)N1CCN(c2cc(Nc3ccccn3)ncn2)CC1. The highest BCUT2D eigenvalue weighted by Gasteiger charge is 2.26. The maximum Gasteiger partial charge on any atom is 0.433 e. The van der Waals surface area contributed by atoms with Gasteiger partial charge in [-0.3, -0.25) is 14.9 Å². The van der Waals surface area contributed by atoms with Crippen molar-refractivity contribution in [3.63, 3.8) is 0 Å². The maximum atomic E-state index is 12.5. The number of nitro groups is 1. The average Bonchev–Trinajstić information content (AvgIpc) is 3.25. The van der Waals surface area contributed by atoms with Gasteiger partial charge in [0.2, 0.25) is 0 Å². The summed E-state index contributed by atoms with van der Waals surface area (Å²) in [6, 6.07) is 9.88. The van der Waals surface area contributed by atoms with Crippen LogP contribution in [0.3, 0.4) is 0 Å². The predicted octanol–water partition coefficient (Wildman–Crippen LogP) is 2.08. The highest BCUT2D eigenvalue weighted by molar-refractivity contribution is 5.92. The first kappa shape index (κ1) is 18.3. The van der Waals surface area contributed by atoms with E-state index in [0.717, 1.165) is 5.82 Å². The molecular formula is C18H17N7O4. The molecule has 4 rings (SSSR count). The second-order valence-corrected chi connectivity index (χ2v) is 6.28. The zero-order chi connectivity index (χ0) is 20.2. The molecule has 1 saturated heterocycles. The van der Waals surface area contributed by atoms with Gasteiger partial charge in [0.25, 0.3) is 5.91 Å². The number of rotatable bonds is 5. The third kappa shape index (κ3) is 4.13. The number of nitrogens with zero attached hydrogens (tertiary/aromatic N) is 6. The maximum absolute atomic E-state index is 12.5. The summed E-state index contributed by atoms with van der Waals surface area (Å²) in [7, 11) is 0. The van der Waals surface area contributed by atoms with Crippen molar-refractivity contribution in [3.05, 3.63) is 64.8 Å². The van der Waals surface area contributed by atoms with Crippen LogP contribution in [0.2, 0.25) is 0 Å². The summed E-state index contributed by atoms with van der Waals surface area (Å²) in [5, 5.41) is 13.8. The molecule has 11 nitrogen and oxygen atoms in total. The molecule has 0 aromatic carbocycles. The van der Waals surface area contributed by atoms with Crippen LogP contribution < -0.4 is 10.2 Å². The molecule has 0 bridgehead atoms. The van der Waals surface area contributed by atoms with E-state index in [2.05, 4.69) is 20.3 Å². The zero-order valence-electron chi connectivity index (χ0n) is 15.3. The van der Waals surface area contributed by atoms with Crippen LogP contribution in [0, 0.1) is 10.1 Å². The molecule has 0 saturated carbocycles. The van der Waals surface area contributed by atoms with Crippen molar-refractivity contribution >= 4 is 29.2 Å². The molecule has 148 valence electrons. The van der Waals surface area contributed by atoms with Gasteiger partial charge >= 0.3 is 5.88 Å². The quantitative estimate of drug-likeness (QED) is 0.509. The van der Waals surface area contributed by atoms with Crippen LogP contribution in [-0.2, 0) is 0 Å². The Labute approximate surface area is 165 Å². The molecule has 1 N–H and O–H groups in total. The van der Waals surface area contributed by atoms with Gasteiger partial charge in [0.05, 0.1) is 6.07 Å². The number of carbonyl (C=O) groups is 1. The Kier molecular flexibility index (Phi) is 5.01. The summed E-state index contributed by atoms with van der Waals surface area (Å²) in [6.45, 7) is 2.02. The van der Waals surface area contributed by atoms with Crippen molar-refractivity contribution in [1.29, 1.82) is 0 Å². The van der Waals surface area contributed by atoms with E-state index >= 15 is 0 Å². The molecule has 0 spiro atoms. The fourth-order valence-corrected chi connectivity index (χ4v) is 2.99. The van der Waals surface area contributed by atoms with E-state index in [-0.39, 0.29) is 11.7 Å². The van der Waals surface area contributed by atoms with Gasteiger partial charge in [-0.1, -0.05) is 6.07 Å². The average molecular weight is 395 g/mol. The van der Waals surface area contributed by atoms with Gasteiger partial charge in [0, 0.05) is 38.4 Å². The fourth-order valence-electron chi connectivity index (χ4n) is 2.99. The van der Waals surface area contributed by atoms with Gasteiger partial charge in [0.15, 0.2) is 5.76 Å². The van der Waals surface area contributed by atoms with Crippen molar-refractivity contribution in [2.45, 2.75) is 0 Å². The van der Waals surface area contributed by atoms with Crippen LogP contribution in [0.15, 0.2) is 53.3 Å². The van der Waals surface area contributed by atoms with E-state index in [1.54, 1.807) is 11.1 Å².